The van der Waals surface area contributed by atoms with Crippen LogP contribution in [0.2, 0.25) is 0 Å². The van der Waals surface area contributed by atoms with Gasteiger partial charge in [0.1, 0.15) is 0 Å². The number of methoxy groups -OCH3 is 1. The minimum atomic E-state index is -0.950. The third-order valence-corrected chi connectivity index (χ3v) is 9.51. The number of hydrogen-bond acceptors (Lipinski definition) is 4. The van der Waals surface area contributed by atoms with Crippen LogP contribution in [0.3, 0.4) is 0 Å². The first-order chi connectivity index (χ1) is 12.4. The summed E-state index contributed by atoms with van der Waals surface area (Å²) in [6.07, 6.45) is 9.19. The van der Waals surface area contributed by atoms with Crippen LogP contribution in [0.5, 0.6) is 0 Å². The maximum absolute atomic E-state index is 12.3. The summed E-state index contributed by atoms with van der Waals surface area (Å²) in [6.45, 7) is 10.2. The number of ether oxygens (including phenoxy) is 1. The molecular weight excluding hydrogens is 340 g/mol. The van der Waals surface area contributed by atoms with E-state index in [1.165, 1.54) is 0 Å². The number of carbonyl (C=O) groups is 1. The second kappa shape index (κ2) is 6.04. The monoisotopic (exact) mass is 378 g/mol. The number of rotatable bonds is 4. The van der Waals surface area contributed by atoms with Gasteiger partial charge in [-0.25, -0.2) is 0 Å². The van der Waals surface area contributed by atoms with E-state index in [2.05, 4.69) is 20.4 Å². The Kier molecular flexibility index (Phi) is 4.66. The van der Waals surface area contributed by atoms with Crippen molar-refractivity contribution in [3.05, 3.63) is 12.7 Å². The molecule has 0 radical (unpaired) electrons. The minimum absolute atomic E-state index is 0.161. The Bertz CT molecular complexity index is 653. The summed E-state index contributed by atoms with van der Waals surface area (Å²) < 4.78 is 5.90. The third kappa shape index (κ3) is 2.31. The Morgan fingerprint density at radius 1 is 1.07 bits per heavy atom. The number of carboxylic acid groups (broad SMARTS) is 1. The first-order valence-corrected chi connectivity index (χ1v) is 10.4. The largest absolute Gasteiger partial charge is 0.481 e. The molecule has 3 aliphatic carbocycles. The highest BCUT2D eigenvalue weighted by atomic mass is 16.5. The molecule has 0 saturated heterocycles. The molecular formula is C22H38N2O3. The zero-order valence-corrected chi connectivity index (χ0v) is 17.6. The lowest BCUT2D eigenvalue weighted by molar-refractivity contribution is -0.218. The van der Waals surface area contributed by atoms with E-state index >= 15 is 0 Å². The van der Waals surface area contributed by atoms with E-state index in [-0.39, 0.29) is 11.0 Å². The molecule has 5 N–H and O–H groups in total. The van der Waals surface area contributed by atoms with E-state index in [0.29, 0.717) is 12.8 Å². The summed E-state index contributed by atoms with van der Waals surface area (Å²) in [5, 5.41) is 10.1. The van der Waals surface area contributed by atoms with Gasteiger partial charge in [-0.1, -0.05) is 19.4 Å². The van der Waals surface area contributed by atoms with Crippen molar-refractivity contribution < 1.29 is 14.6 Å². The van der Waals surface area contributed by atoms with Gasteiger partial charge in [-0.05, 0) is 70.6 Å². The van der Waals surface area contributed by atoms with Crippen LogP contribution in [0.4, 0.5) is 0 Å². The first-order valence-electron chi connectivity index (χ1n) is 10.4. The van der Waals surface area contributed by atoms with E-state index in [9.17, 15) is 9.90 Å². The predicted molar refractivity (Wildman–Crippen MR) is 107 cm³/mol. The standard InChI is InChI=1S/C22H38N2O3/c1-6-8-20-12-14-21(23)18(3,16(25)26)9-7-10-19(21,4)22(20,24)13-11-17(2,15-20)27-5/h6H,1,7-15,23-24H2,2-5H3,(H,25,26)/t17-,18-,19+,20-,21-,22+/m0/s1. The predicted octanol–water partition coefficient (Wildman–Crippen LogP) is 3.61. The summed E-state index contributed by atoms with van der Waals surface area (Å²) in [4.78, 5) is 12.3. The average molecular weight is 379 g/mol. The van der Waals surface area contributed by atoms with Crippen LogP contribution in [0, 0.1) is 16.2 Å². The van der Waals surface area contributed by atoms with Crippen LogP contribution in [0.25, 0.3) is 0 Å². The summed E-state index contributed by atoms with van der Waals surface area (Å²) >= 11 is 0. The molecule has 0 amide bonds. The zero-order valence-electron chi connectivity index (χ0n) is 17.6. The number of carboxylic acids is 1. The van der Waals surface area contributed by atoms with Gasteiger partial charge in [0.25, 0.3) is 0 Å². The molecule has 27 heavy (non-hydrogen) atoms. The van der Waals surface area contributed by atoms with Gasteiger partial charge in [-0.3, -0.25) is 4.79 Å². The maximum atomic E-state index is 12.3. The van der Waals surface area contributed by atoms with Gasteiger partial charge in [0, 0.05) is 23.6 Å². The van der Waals surface area contributed by atoms with Crippen molar-refractivity contribution in [1.29, 1.82) is 0 Å². The molecule has 3 saturated carbocycles. The number of fused-ring (bicyclic) bond motifs is 3. The van der Waals surface area contributed by atoms with Crippen LogP contribution >= 0.6 is 0 Å². The fourth-order valence-corrected chi connectivity index (χ4v) is 7.43. The van der Waals surface area contributed by atoms with Crippen molar-refractivity contribution in [3.8, 4) is 0 Å². The topological polar surface area (TPSA) is 98.6 Å². The van der Waals surface area contributed by atoms with Gasteiger partial charge in [-0.2, -0.15) is 0 Å². The highest BCUT2D eigenvalue weighted by Crippen LogP contribution is 2.71. The molecule has 0 aliphatic heterocycles. The highest BCUT2D eigenvalue weighted by molar-refractivity contribution is 5.77. The lowest BCUT2D eigenvalue weighted by Gasteiger charge is -2.74. The Morgan fingerprint density at radius 3 is 2.26 bits per heavy atom. The van der Waals surface area contributed by atoms with Crippen LogP contribution in [0.15, 0.2) is 12.7 Å². The fourth-order valence-electron chi connectivity index (χ4n) is 7.43. The molecule has 5 heteroatoms. The van der Waals surface area contributed by atoms with Gasteiger partial charge in [-0.15, -0.1) is 6.58 Å². The molecule has 0 unspecified atom stereocenters. The lowest BCUT2D eigenvalue weighted by atomic mass is 9.33. The van der Waals surface area contributed by atoms with E-state index in [1.807, 2.05) is 13.0 Å². The third-order valence-electron chi connectivity index (χ3n) is 9.51. The van der Waals surface area contributed by atoms with Gasteiger partial charge < -0.3 is 21.3 Å². The van der Waals surface area contributed by atoms with Crippen LogP contribution in [-0.4, -0.2) is 34.9 Å². The SMILES string of the molecule is C=CC[C@@]12CC[C@@]3(N)[C@@](C)(CCC[C@@]3(C)C(=O)O)[C@]1(N)CC[C@](C)(OC)C2. The van der Waals surface area contributed by atoms with Crippen LogP contribution < -0.4 is 11.5 Å². The molecule has 0 spiro atoms. The van der Waals surface area contributed by atoms with Gasteiger partial charge in [0.05, 0.1) is 11.0 Å². The highest BCUT2D eigenvalue weighted by Gasteiger charge is 2.75. The van der Waals surface area contributed by atoms with Crippen molar-refractivity contribution in [2.45, 2.75) is 95.2 Å². The molecule has 0 aromatic heterocycles. The molecule has 0 bridgehead atoms. The Morgan fingerprint density at radius 2 is 1.70 bits per heavy atom. The van der Waals surface area contributed by atoms with Crippen LogP contribution in [0.1, 0.15) is 78.6 Å². The quantitative estimate of drug-likeness (QED) is 0.649. The zero-order chi connectivity index (χ0) is 20.4. The second-order valence-electron chi connectivity index (χ2n) is 10.4. The summed E-state index contributed by atoms with van der Waals surface area (Å²) in [5.74, 6) is -0.784. The Hall–Kier alpha value is -0.910. The minimum Gasteiger partial charge on any atom is -0.481 e. The molecule has 5 nitrogen and oxygen atoms in total. The van der Waals surface area contributed by atoms with Crippen molar-refractivity contribution in [1.82, 2.24) is 0 Å². The van der Waals surface area contributed by atoms with Gasteiger partial charge in [0.15, 0.2) is 0 Å². The number of aliphatic carboxylic acids is 1. The maximum Gasteiger partial charge on any atom is 0.311 e. The van der Waals surface area contributed by atoms with E-state index in [4.69, 9.17) is 16.2 Å². The van der Waals surface area contributed by atoms with Crippen molar-refractivity contribution in [2.24, 2.45) is 27.7 Å². The lowest BCUT2D eigenvalue weighted by Crippen LogP contribution is -2.83. The molecule has 0 aromatic carbocycles. The Balaban J connectivity index is 2.18. The molecule has 0 aromatic rings. The Labute approximate surface area is 163 Å². The van der Waals surface area contributed by atoms with Crippen molar-refractivity contribution in [2.75, 3.05) is 7.11 Å². The summed E-state index contributed by atoms with van der Waals surface area (Å²) in [6, 6.07) is 0. The van der Waals surface area contributed by atoms with E-state index < -0.39 is 27.9 Å². The van der Waals surface area contributed by atoms with E-state index in [1.54, 1.807) is 7.11 Å². The average Bonchev–Trinajstić information content (AvgIpc) is 2.60. The molecule has 3 rings (SSSR count). The number of nitrogens with two attached hydrogens (primary N) is 2. The molecule has 3 fully saturated rings. The summed E-state index contributed by atoms with van der Waals surface area (Å²) in [5.41, 5.74) is 11.4. The number of hydrogen-bond donors (Lipinski definition) is 3. The van der Waals surface area contributed by atoms with Gasteiger partial charge >= 0.3 is 5.97 Å². The normalized spacial score (nSPS) is 52.5. The van der Waals surface area contributed by atoms with Crippen molar-refractivity contribution in [3.63, 3.8) is 0 Å². The first kappa shape index (κ1) is 20.8. The molecule has 6 atom stereocenters. The van der Waals surface area contributed by atoms with Gasteiger partial charge in [0.2, 0.25) is 0 Å². The smallest absolute Gasteiger partial charge is 0.311 e. The van der Waals surface area contributed by atoms with E-state index in [0.717, 1.165) is 44.9 Å². The molecule has 0 heterocycles. The second-order valence-corrected chi connectivity index (χ2v) is 10.4. The van der Waals surface area contributed by atoms with Crippen LogP contribution in [-0.2, 0) is 9.53 Å². The summed E-state index contributed by atoms with van der Waals surface area (Å²) in [7, 11) is 1.78. The van der Waals surface area contributed by atoms with Crippen molar-refractivity contribution >= 4 is 5.97 Å². The number of allylic oxidation sites excluding steroid dienone is 1. The fraction of sp³-hybridized carbons (Fsp3) is 0.864. The molecule has 154 valence electrons. The molecule has 3 aliphatic rings.